The van der Waals surface area contributed by atoms with Crippen molar-refractivity contribution in [3.8, 4) is 5.75 Å². The first-order valence-corrected chi connectivity index (χ1v) is 14.4. The quantitative estimate of drug-likeness (QED) is 0.268. The highest BCUT2D eigenvalue weighted by molar-refractivity contribution is 5.92. The number of likely N-dealkylation sites (N-methyl/N-ethyl adjacent to an activating group) is 1. The van der Waals surface area contributed by atoms with Crippen LogP contribution in [0.5, 0.6) is 5.75 Å². The molecule has 2 atom stereocenters. The van der Waals surface area contributed by atoms with Crippen LogP contribution in [0.4, 0.5) is 0 Å². The van der Waals surface area contributed by atoms with E-state index in [1.165, 1.54) is 0 Å². The smallest absolute Gasteiger partial charge is 0.245 e. The molecule has 7 nitrogen and oxygen atoms in total. The summed E-state index contributed by atoms with van der Waals surface area (Å²) in [5.41, 5.74) is 4.08. The SMILES string of the molecule is COc1ccccc1CN(C)C(=O)C(Cc1ccc2ccccc2c1)N1CCNC(Cc2c[nH]c3ccccc23)C1=O. The molecule has 42 heavy (non-hydrogen) atoms. The van der Waals surface area contributed by atoms with Crippen molar-refractivity contribution in [1.29, 1.82) is 0 Å². The van der Waals surface area contributed by atoms with Gasteiger partial charge in [-0.05, 0) is 40.5 Å². The average molecular weight is 561 g/mol. The van der Waals surface area contributed by atoms with Gasteiger partial charge in [0.15, 0.2) is 0 Å². The first kappa shape index (κ1) is 27.5. The summed E-state index contributed by atoms with van der Waals surface area (Å²) >= 11 is 0. The third-order valence-corrected chi connectivity index (χ3v) is 8.30. The van der Waals surface area contributed by atoms with Crippen LogP contribution in [0.3, 0.4) is 0 Å². The van der Waals surface area contributed by atoms with E-state index in [0.717, 1.165) is 44.1 Å². The lowest BCUT2D eigenvalue weighted by molar-refractivity contribution is -0.148. The summed E-state index contributed by atoms with van der Waals surface area (Å²) in [6, 6.07) is 29.3. The second-order valence-corrected chi connectivity index (χ2v) is 11.0. The second kappa shape index (κ2) is 12.1. The number of H-pyrrole nitrogens is 1. The number of methoxy groups -OCH3 is 1. The number of nitrogens with zero attached hydrogens (tertiary/aromatic N) is 2. The van der Waals surface area contributed by atoms with Gasteiger partial charge in [0.25, 0.3) is 0 Å². The molecule has 1 aromatic heterocycles. The molecule has 1 aliphatic heterocycles. The predicted octanol–water partition coefficient (Wildman–Crippen LogP) is 4.94. The Labute approximate surface area is 246 Å². The number of benzene rings is 4. The van der Waals surface area contributed by atoms with E-state index in [1.807, 2.05) is 60.8 Å². The lowest BCUT2D eigenvalue weighted by Gasteiger charge is -2.39. The Hall–Kier alpha value is -4.62. The Balaban J connectivity index is 1.29. The number of carbonyl (C=O) groups is 2. The molecule has 6 rings (SSSR count). The molecule has 0 aliphatic carbocycles. The minimum Gasteiger partial charge on any atom is -0.496 e. The third kappa shape index (κ3) is 5.60. The largest absolute Gasteiger partial charge is 0.496 e. The van der Waals surface area contributed by atoms with Crippen LogP contribution in [-0.2, 0) is 29.0 Å². The molecule has 0 spiro atoms. The number of ether oxygens (including phenoxy) is 1. The van der Waals surface area contributed by atoms with Gasteiger partial charge in [-0.15, -0.1) is 0 Å². The van der Waals surface area contributed by atoms with Crippen molar-refractivity contribution in [2.75, 3.05) is 27.2 Å². The number of rotatable bonds is 9. The highest BCUT2D eigenvalue weighted by Crippen LogP contribution is 2.25. The normalized spacial score (nSPS) is 16.1. The number of carbonyl (C=O) groups excluding carboxylic acids is 2. The molecule has 2 amide bonds. The molecular weight excluding hydrogens is 524 g/mol. The van der Waals surface area contributed by atoms with Gasteiger partial charge in [0.05, 0.1) is 13.2 Å². The average Bonchev–Trinajstić information content (AvgIpc) is 3.43. The van der Waals surface area contributed by atoms with Crippen LogP contribution in [0.2, 0.25) is 0 Å². The van der Waals surface area contributed by atoms with E-state index in [-0.39, 0.29) is 11.8 Å². The zero-order chi connectivity index (χ0) is 29.1. The number of aromatic amines is 1. The number of hydrogen-bond donors (Lipinski definition) is 2. The first-order valence-electron chi connectivity index (χ1n) is 14.4. The number of nitrogens with one attached hydrogen (secondary N) is 2. The van der Waals surface area contributed by atoms with Gasteiger partial charge in [-0.3, -0.25) is 9.59 Å². The van der Waals surface area contributed by atoms with Gasteiger partial charge in [0, 0.05) is 55.8 Å². The molecule has 1 fully saturated rings. The molecule has 2 unspecified atom stereocenters. The fraction of sp³-hybridized carbons (Fsp3) is 0.257. The zero-order valence-corrected chi connectivity index (χ0v) is 24.0. The molecule has 1 saturated heterocycles. The van der Waals surface area contributed by atoms with E-state index >= 15 is 0 Å². The van der Waals surface area contributed by atoms with E-state index in [4.69, 9.17) is 4.74 Å². The van der Waals surface area contributed by atoms with E-state index in [1.54, 1.807) is 24.0 Å². The fourth-order valence-corrected chi connectivity index (χ4v) is 6.09. The molecule has 1 aliphatic rings. The molecule has 0 bridgehead atoms. The van der Waals surface area contributed by atoms with Crippen LogP contribution in [0.25, 0.3) is 21.7 Å². The van der Waals surface area contributed by atoms with Gasteiger partial charge in [-0.1, -0.05) is 78.9 Å². The topological polar surface area (TPSA) is 77.7 Å². The number of aromatic nitrogens is 1. The van der Waals surface area contributed by atoms with Gasteiger partial charge in [0.2, 0.25) is 11.8 Å². The second-order valence-electron chi connectivity index (χ2n) is 11.0. The molecule has 5 aromatic rings. The van der Waals surface area contributed by atoms with Crippen molar-refractivity contribution in [2.24, 2.45) is 0 Å². The minimum atomic E-state index is -0.633. The maximum atomic E-state index is 14.2. The molecule has 0 radical (unpaired) electrons. The standard InChI is InChI=1S/C35H36N4O3/c1-38(23-27-11-5-8-14-33(27)42-2)35(41)32(20-24-15-16-25-9-3-4-10-26(25)19-24)39-18-17-36-31(34(39)40)21-28-22-37-30-13-7-6-12-29(28)30/h3-16,19,22,31-32,36-37H,17-18,20-21,23H2,1-2H3. The van der Waals surface area contributed by atoms with Crippen LogP contribution in [0.1, 0.15) is 16.7 Å². The Morgan fingerprint density at radius 1 is 0.976 bits per heavy atom. The first-order chi connectivity index (χ1) is 20.5. The van der Waals surface area contributed by atoms with Gasteiger partial charge < -0.3 is 24.8 Å². The van der Waals surface area contributed by atoms with Crippen LogP contribution in [0, 0.1) is 0 Å². The molecule has 4 aromatic carbocycles. The third-order valence-electron chi connectivity index (χ3n) is 8.30. The maximum absolute atomic E-state index is 14.2. The number of hydrogen-bond acceptors (Lipinski definition) is 4. The molecular formula is C35H36N4O3. The molecule has 2 N–H and O–H groups in total. The van der Waals surface area contributed by atoms with E-state index in [0.29, 0.717) is 32.5 Å². The fourth-order valence-electron chi connectivity index (χ4n) is 6.09. The molecule has 2 heterocycles. The monoisotopic (exact) mass is 560 g/mol. The van der Waals surface area contributed by atoms with Gasteiger partial charge >= 0.3 is 0 Å². The summed E-state index contributed by atoms with van der Waals surface area (Å²) < 4.78 is 5.54. The number of fused-ring (bicyclic) bond motifs is 2. The summed E-state index contributed by atoms with van der Waals surface area (Å²) in [4.78, 5) is 35.1. The Bertz CT molecular complexity index is 1730. The van der Waals surface area contributed by atoms with E-state index in [2.05, 4.69) is 46.7 Å². The Morgan fingerprint density at radius 2 is 1.74 bits per heavy atom. The lowest BCUT2D eigenvalue weighted by atomic mass is 9.97. The van der Waals surface area contributed by atoms with Crippen molar-refractivity contribution in [2.45, 2.75) is 31.5 Å². The highest BCUT2D eigenvalue weighted by atomic mass is 16.5. The Morgan fingerprint density at radius 3 is 2.60 bits per heavy atom. The van der Waals surface area contributed by atoms with Crippen molar-refractivity contribution < 1.29 is 14.3 Å². The van der Waals surface area contributed by atoms with Crippen LogP contribution >= 0.6 is 0 Å². The maximum Gasteiger partial charge on any atom is 0.245 e. The number of para-hydroxylation sites is 2. The van der Waals surface area contributed by atoms with E-state index in [9.17, 15) is 9.59 Å². The van der Waals surface area contributed by atoms with Crippen molar-refractivity contribution >= 4 is 33.5 Å². The van der Waals surface area contributed by atoms with Crippen molar-refractivity contribution in [3.63, 3.8) is 0 Å². The van der Waals surface area contributed by atoms with Crippen molar-refractivity contribution in [1.82, 2.24) is 20.1 Å². The van der Waals surface area contributed by atoms with Gasteiger partial charge in [-0.2, -0.15) is 0 Å². The summed E-state index contributed by atoms with van der Waals surface area (Å²) in [6.07, 6.45) is 2.97. The zero-order valence-electron chi connectivity index (χ0n) is 24.0. The van der Waals surface area contributed by atoms with Crippen molar-refractivity contribution in [3.05, 3.63) is 114 Å². The molecule has 7 heteroatoms. The van der Waals surface area contributed by atoms with Gasteiger partial charge in [-0.25, -0.2) is 0 Å². The Kier molecular flexibility index (Phi) is 7.93. The predicted molar refractivity (Wildman–Crippen MR) is 166 cm³/mol. The number of amides is 2. The highest BCUT2D eigenvalue weighted by Gasteiger charge is 2.38. The lowest BCUT2D eigenvalue weighted by Crippen LogP contribution is -2.62. The number of piperazine rings is 1. The van der Waals surface area contributed by atoms with Gasteiger partial charge in [0.1, 0.15) is 11.8 Å². The van der Waals surface area contributed by atoms with Crippen LogP contribution in [0.15, 0.2) is 97.2 Å². The summed E-state index contributed by atoms with van der Waals surface area (Å²) in [5.74, 6) is 0.604. The molecule has 214 valence electrons. The summed E-state index contributed by atoms with van der Waals surface area (Å²) in [7, 11) is 3.44. The summed E-state index contributed by atoms with van der Waals surface area (Å²) in [5, 5.41) is 6.80. The summed E-state index contributed by atoms with van der Waals surface area (Å²) in [6.45, 7) is 1.47. The minimum absolute atomic E-state index is 0.0450. The van der Waals surface area contributed by atoms with E-state index < -0.39 is 12.1 Å². The molecule has 0 saturated carbocycles. The van der Waals surface area contributed by atoms with Crippen LogP contribution in [-0.4, -0.2) is 65.9 Å². The van der Waals surface area contributed by atoms with Crippen LogP contribution < -0.4 is 10.1 Å².